The normalized spacial score (nSPS) is 11.5. The molecule has 0 unspecified atom stereocenters. The Hall–Kier alpha value is -1.96. The summed E-state index contributed by atoms with van der Waals surface area (Å²) in [7, 11) is 0. The molecular formula is C15H16F3N3OS. The number of amides is 1. The van der Waals surface area contributed by atoms with Crippen molar-refractivity contribution in [1.29, 1.82) is 0 Å². The van der Waals surface area contributed by atoms with Gasteiger partial charge in [-0.1, -0.05) is 0 Å². The van der Waals surface area contributed by atoms with Gasteiger partial charge >= 0.3 is 6.18 Å². The smallest absolute Gasteiger partial charge is 0.338 e. The SMILES string of the molecule is CCN(CCc1ccncc1)C(=O)c1sc(C(F)(F)F)nc1C. The number of thiazole rings is 1. The minimum Gasteiger partial charge on any atom is -0.338 e. The summed E-state index contributed by atoms with van der Waals surface area (Å²) in [4.78, 5) is 21.4. The molecule has 2 aromatic rings. The highest BCUT2D eigenvalue weighted by molar-refractivity contribution is 7.13. The van der Waals surface area contributed by atoms with Crippen molar-refractivity contribution in [2.45, 2.75) is 26.4 Å². The van der Waals surface area contributed by atoms with Gasteiger partial charge in [0.25, 0.3) is 5.91 Å². The summed E-state index contributed by atoms with van der Waals surface area (Å²) < 4.78 is 38.1. The summed E-state index contributed by atoms with van der Waals surface area (Å²) in [6.07, 6.45) is -0.582. The van der Waals surface area contributed by atoms with Crippen LogP contribution < -0.4 is 0 Å². The van der Waals surface area contributed by atoms with Crippen LogP contribution >= 0.6 is 11.3 Å². The first kappa shape index (κ1) is 17.4. The van der Waals surface area contributed by atoms with E-state index in [4.69, 9.17) is 0 Å². The Balaban J connectivity index is 2.12. The highest BCUT2D eigenvalue weighted by Gasteiger charge is 2.36. The van der Waals surface area contributed by atoms with Crippen LogP contribution in [0.1, 0.15) is 32.9 Å². The van der Waals surface area contributed by atoms with Crippen LogP contribution in [-0.4, -0.2) is 33.9 Å². The van der Waals surface area contributed by atoms with E-state index in [1.807, 2.05) is 12.1 Å². The van der Waals surface area contributed by atoms with Gasteiger partial charge in [-0.3, -0.25) is 9.78 Å². The third-order valence-corrected chi connectivity index (χ3v) is 4.51. The van der Waals surface area contributed by atoms with Gasteiger partial charge in [-0.15, -0.1) is 11.3 Å². The molecule has 0 fully saturated rings. The number of aryl methyl sites for hydroxylation is 1. The number of hydrogen-bond donors (Lipinski definition) is 0. The molecule has 0 spiro atoms. The number of pyridine rings is 1. The quantitative estimate of drug-likeness (QED) is 0.834. The van der Waals surface area contributed by atoms with Crippen LogP contribution in [0.15, 0.2) is 24.5 Å². The Morgan fingerprint density at radius 3 is 2.48 bits per heavy atom. The van der Waals surface area contributed by atoms with Crippen molar-refractivity contribution in [3.05, 3.63) is 45.7 Å². The Morgan fingerprint density at radius 1 is 1.30 bits per heavy atom. The molecule has 0 atom stereocenters. The van der Waals surface area contributed by atoms with Crippen LogP contribution in [0.3, 0.4) is 0 Å². The van der Waals surface area contributed by atoms with Crippen LogP contribution in [0.4, 0.5) is 13.2 Å². The lowest BCUT2D eigenvalue weighted by Gasteiger charge is -2.20. The maximum absolute atomic E-state index is 12.7. The number of halogens is 3. The number of nitrogens with zero attached hydrogens (tertiary/aromatic N) is 3. The Morgan fingerprint density at radius 2 is 1.96 bits per heavy atom. The van der Waals surface area contributed by atoms with Gasteiger partial charge in [0, 0.05) is 25.5 Å². The molecule has 0 aliphatic carbocycles. The molecule has 0 saturated carbocycles. The molecule has 8 heteroatoms. The number of carbonyl (C=O) groups is 1. The van der Waals surface area contributed by atoms with Crippen molar-refractivity contribution in [1.82, 2.24) is 14.9 Å². The minimum absolute atomic E-state index is 0.0499. The largest absolute Gasteiger partial charge is 0.443 e. The molecule has 0 aliphatic heterocycles. The van der Waals surface area contributed by atoms with Crippen LogP contribution in [0, 0.1) is 6.92 Å². The van der Waals surface area contributed by atoms with Gasteiger partial charge in [-0.2, -0.15) is 13.2 Å². The first-order valence-corrected chi connectivity index (χ1v) is 7.87. The molecule has 0 bridgehead atoms. The maximum Gasteiger partial charge on any atom is 0.443 e. The molecular weight excluding hydrogens is 327 g/mol. The second-order valence-corrected chi connectivity index (χ2v) is 5.92. The molecule has 2 heterocycles. The number of aromatic nitrogens is 2. The van der Waals surface area contributed by atoms with E-state index in [2.05, 4.69) is 9.97 Å². The molecule has 0 aliphatic rings. The van der Waals surface area contributed by atoms with Gasteiger partial charge in [0.05, 0.1) is 5.69 Å². The number of rotatable bonds is 5. The summed E-state index contributed by atoms with van der Waals surface area (Å²) in [6, 6.07) is 3.69. The van der Waals surface area contributed by atoms with Crippen molar-refractivity contribution >= 4 is 17.2 Å². The average Bonchev–Trinajstić information content (AvgIpc) is 2.91. The standard InChI is InChI=1S/C15H16F3N3OS/c1-3-21(9-6-11-4-7-19-8-5-11)13(22)12-10(2)20-14(23-12)15(16,17)18/h4-5,7-8H,3,6,9H2,1-2H3. The zero-order valence-electron chi connectivity index (χ0n) is 12.7. The van der Waals surface area contributed by atoms with Crippen molar-refractivity contribution in [2.75, 3.05) is 13.1 Å². The molecule has 23 heavy (non-hydrogen) atoms. The van der Waals surface area contributed by atoms with Crippen LogP contribution in [0.5, 0.6) is 0 Å². The Kier molecular flexibility index (Phi) is 5.35. The highest BCUT2D eigenvalue weighted by Crippen LogP contribution is 2.34. The van der Waals surface area contributed by atoms with E-state index in [9.17, 15) is 18.0 Å². The molecule has 4 nitrogen and oxygen atoms in total. The molecule has 0 N–H and O–H groups in total. The van der Waals surface area contributed by atoms with Crippen molar-refractivity contribution in [2.24, 2.45) is 0 Å². The van der Waals surface area contributed by atoms with Gasteiger partial charge in [0.15, 0.2) is 5.01 Å². The van der Waals surface area contributed by atoms with Crippen molar-refractivity contribution in [3.63, 3.8) is 0 Å². The van der Waals surface area contributed by atoms with Gasteiger partial charge < -0.3 is 4.90 Å². The second-order valence-electron chi connectivity index (χ2n) is 4.92. The van der Waals surface area contributed by atoms with E-state index >= 15 is 0 Å². The zero-order valence-corrected chi connectivity index (χ0v) is 13.5. The van der Waals surface area contributed by atoms with Crippen molar-refractivity contribution < 1.29 is 18.0 Å². The lowest BCUT2D eigenvalue weighted by atomic mass is 10.2. The van der Waals surface area contributed by atoms with Crippen LogP contribution in [0.25, 0.3) is 0 Å². The molecule has 0 radical (unpaired) electrons. The summed E-state index contributed by atoms with van der Waals surface area (Å²) in [6.45, 7) is 4.07. The third-order valence-electron chi connectivity index (χ3n) is 3.32. The highest BCUT2D eigenvalue weighted by atomic mass is 32.1. The summed E-state index contributed by atoms with van der Waals surface area (Å²) in [5.74, 6) is -0.410. The van der Waals surface area contributed by atoms with E-state index in [0.717, 1.165) is 5.56 Å². The number of carbonyl (C=O) groups excluding carboxylic acids is 1. The molecule has 124 valence electrons. The fourth-order valence-corrected chi connectivity index (χ4v) is 2.98. The van der Waals surface area contributed by atoms with E-state index in [-0.39, 0.29) is 10.6 Å². The number of alkyl halides is 3. The van der Waals surface area contributed by atoms with Gasteiger partial charge in [0.2, 0.25) is 0 Å². The molecule has 1 amide bonds. The van der Waals surface area contributed by atoms with Gasteiger partial charge in [0.1, 0.15) is 4.88 Å². The first-order valence-electron chi connectivity index (χ1n) is 7.05. The molecule has 2 aromatic heterocycles. The lowest BCUT2D eigenvalue weighted by molar-refractivity contribution is -0.137. The lowest BCUT2D eigenvalue weighted by Crippen LogP contribution is -2.32. The predicted octanol–water partition coefficient (Wildman–Crippen LogP) is 3.57. The summed E-state index contributed by atoms with van der Waals surface area (Å²) in [5.41, 5.74) is 1.14. The molecule has 0 aromatic carbocycles. The molecule has 0 saturated heterocycles. The van der Waals surface area contributed by atoms with E-state index in [1.165, 1.54) is 11.8 Å². The topological polar surface area (TPSA) is 46.1 Å². The van der Waals surface area contributed by atoms with Crippen molar-refractivity contribution in [3.8, 4) is 0 Å². The summed E-state index contributed by atoms with van der Waals surface area (Å²) >= 11 is 0.403. The van der Waals surface area contributed by atoms with Gasteiger partial charge in [-0.05, 0) is 38.0 Å². The Labute approximate surface area is 136 Å². The van der Waals surface area contributed by atoms with Crippen LogP contribution in [0.2, 0.25) is 0 Å². The fraction of sp³-hybridized carbons (Fsp3) is 0.400. The second kappa shape index (κ2) is 7.08. The number of hydrogen-bond acceptors (Lipinski definition) is 4. The first-order chi connectivity index (χ1) is 10.8. The number of likely N-dealkylation sites (N-methyl/N-ethyl adjacent to an activating group) is 1. The monoisotopic (exact) mass is 343 g/mol. The third kappa shape index (κ3) is 4.28. The van der Waals surface area contributed by atoms with E-state index in [0.29, 0.717) is 30.8 Å². The average molecular weight is 343 g/mol. The van der Waals surface area contributed by atoms with E-state index in [1.54, 1.807) is 19.3 Å². The maximum atomic E-state index is 12.7. The fourth-order valence-electron chi connectivity index (χ4n) is 2.08. The molecule has 2 rings (SSSR count). The predicted molar refractivity (Wildman–Crippen MR) is 81.4 cm³/mol. The zero-order chi connectivity index (χ0) is 17.0. The minimum atomic E-state index is -4.53. The van der Waals surface area contributed by atoms with Gasteiger partial charge in [-0.25, -0.2) is 4.98 Å². The van der Waals surface area contributed by atoms with Crippen LogP contribution in [-0.2, 0) is 12.6 Å². The Bertz CT molecular complexity index is 670. The van der Waals surface area contributed by atoms with E-state index < -0.39 is 17.1 Å². The summed E-state index contributed by atoms with van der Waals surface area (Å²) in [5, 5.41) is -0.983.